The molecule has 0 saturated carbocycles. The van der Waals surface area contributed by atoms with Gasteiger partial charge in [-0.25, -0.2) is 9.98 Å². The number of aromatic nitrogens is 1. The maximum atomic E-state index is 5.26. The van der Waals surface area contributed by atoms with Crippen LogP contribution >= 0.6 is 11.3 Å². The fourth-order valence-electron chi connectivity index (χ4n) is 1.06. The molecule has 0 aliphatic heterocycles. The van der Waals surface area contributed by atoms with Crippen molar-refractivity contribution >= 4 is 33.2 Å². The second kappa shape index (κ2) is 3.02. The minimum atomic E-state index is 0.0730. The van der Waals surface area contributed by atoms with Crippen molar-refractivity contribution in [3.05, 3.63) is 23.7 Å². The number of rotatable bonds is 1. The van der Waals surface area contributed by atoms with E-state index in [-0.39, 0.29) is 5.96 Å². The fourth-order valence-corrected chi connectivity index (χ4v) is 1.77. The summed E-state index contributed by atoms with van der Waals surface area (Å²) >= 11 is 1.57. The number of nitrogens with two attached hydrogens (primary N) is 2. The summed E-state index contributed by atoms with van der Waals surface area (Å²) in [5.41, 5.74) is 14.0. The average Bonchev–Trinajstić information content (AvgIpc) is 2.49. The predicted molar refractivity (Wildman–Crippen MR) is 55.1 cm³/mol. The van der Waals surface area contributed by atoms with Crippen LogP contribution in [0, 0.1) is 0 Å². The first-order valence-corrected chi connectivity index (χ1v) is 4.56. The molecule has 0 saturated heterocycles. The molecule has 0 unspecified atom stereocenters. The van der Waals surface area contributed by atoms with Crippen molar-refractivity contribution in [1.29, 1.82) is 0 Å². The Labute approximate surface area is 78.9 Å². The van der Waals surface area contributed by atoms with Crippen LogP contribution in [0.15, 0.2) is 28.7 Å². The van der Waals surface area contributed by atoms with Gasteiger partial charge in [-0.2, -0.15) is 0 Å². The van der Waals surface area contributed by atoms with Gasteiger partial charge < -0.3 is 11.5 Å². The second-order valence-corrected chi connectivity index (χ2v) is 3.43. The molecule has 4 nitrogen and oxygen atoms in total. The van der Waals surface area contributed by atoms with Gasteiger partial charge in [0.2, 0.25) is 0 Å². The summed E-state index contributed by atoms with van der Waals surface area (Å²) in [6, 6.07) is 5.64. The molecular weight excluding hydrogens is 184 g/mol. The Morgan fingerprint density at radius 1 is 1.38 bits per heavy atom. The number of hydrogen-bond donors (Lipinski definition) is 2. The smallest absolute Gasteiger partial charge is 0.191 e. The van der Waals surface area contributed by atoms with Crippen molar-refractivity contribution in [2.24, 2.45) is 16.5 Å². The van der Waals surface area contributed by atoms with Gasteiger partial charge in [0.15, 0.2) is 5.96 Å². The van der Waals surface area contributed by atoms with E-state index in [0.717, 1.165) is 15.9 Å². The number of nitrogens with zero attached hydrogens (tertiary/aromatic N) is 2. The third kappa shape index (κ3) is 1.59. The molecule has 0 aliphatic carbocycles. The van der Waals surface area contributed by atoms with Crippen LogP contribution in [-0.4, -0.2) is 10.9 Å². The van der Waals surface area contributed by atoms with Gasteiger partial charge in [0.05, 0.1) is 21.4 Å². The molecule has 0 fully saturated rings. The predicted octanol–water partition coefficient (Wildman–Crippen LogP) is 1.20. The van der Waals surface area contributed by atoms with Crippen molar-refractivity contribution < 1.29 is 0 Å². The molecule has 1 heterocycles. The number of hydrogen-bond acceptors (Lipinski definition) is 3. The Kier molecular flexibility index (Phi) is 1.86. The van der Waals surface area contributed by atoms with Gasteiger partial charge in [0.25, 0.3) is 0 Å². The largest absolute Gasteiger partial charge is 0.370 e. The second-order valence-electron chi connectivity index (χ2n) is 2.54. The summed E-state index contributed by atoms with van der Waals surface area (Å²) in [4.78, 5) is 8.09. The van der Waals surface area contributed by atoms with Crippen LogP contribution < -0.4 is 11.5 Å². The molecule has 2 rings (SSSR count). The van der Waals surface area contributed by atoms with E-state index in [4.69, 9.17) is 11.5 Å². The maximum Gasteiger partial charge on any atom is 0.191 e. The topological polar surface area (TPSA) is 77.3 Å². The molecule has 0 bridgehead atoms. The van der Waals surface area contributed by atoms with E-state index < -0.39 is 0 Å². The Morgan fingerprint density at radius 3 is 3.00 bits per heavy atom. The lowest BCUT2D eigenvalue weighted by atomic mass is 10.3. The van der Waals surface area contributed by atoms with Crippen molar-refractivity contribution in [3.63, 3.8) is 0 Å². The Balaban J connectivity index is 2.54. The van der Waals surface area contributed by atoms with Crippen LogP contribution in [0.3, 0.4) is 0 Å². The van der Waals surface area contributed by atoms with E-state index in [0.29, 0.717) is 0 Å². The Morgan fingerprint density at radius 2 is 2.23 bits per heavy atom. The highest BCUT2D eigenvalue weighted by molar-refractivity contribution is 7.16. The van der Waals surface area contributed by atoms with Crippen molar-refractivity contribution in [1.82, 2.24) is 4.98 Å². The third-order valence-electron chi connectivity index (χ3n) is 1.57. The number of fused-ring (bicyclic) bond motifs is 1. The summed E-state index contributed by atoms with van der Waals surface area (Å²) in [6.07, 6.45) is 0. The van der Waals surface area contributed by atoms with Crippen LogP contribution in [0.2, 0.25) is 0 Å². The van der Waals surface area contributed by atoms with Crippen LogP contribution in [0.1, 0.15) is 0 Å². The van der Waals surface area contributed by atoms with Gasteiger partial charge in [-0.15, -0.1) is 11.3 Å². The first-order chi connectivity index (χ1) is 6.25. The number of guanidine groups is 1. The molecule has 0 aliphatic rings. The van der Waals surface area contributed by atoms with Gasteiger partial charge in [-0.05, 0) is 18.2 Å². The SMILES string of the molecule is NC(N)=Nc1ccc2ncsc2c1. The minimum absolute atomic E-state index is 0.0730. The van der Waals surface area contributed by atoms with E-state index >= 15 is 0 Å². The fraction of sp³-hybridized carbons (Fsp3) is 0. The van der Waals surface area contributed by atoms with Crippen LogP contribution in [0.4, 0.5) is 5.69 Å². The molecular formula is C8H8N4S. The molecule has 0 atom stereocenters. The highest BCUT2D eigenvalue weighted by Gasteiger charge is 1.97. The molecule has 5 heteroatoms. The first kappa shape index (κ1) is 8.00. The number of aliphatic imine (C=N–C) groups is 1. The molecule has 1 aromatic heterocycles. The molecule has 4 N–H and O–H groups in total. The van der Waals surface area contributed by atoms with Gasteiger partial charge in [-0.3, -0.25) is 0 Å². The zero-order chi connectivity index (χ0) is 9.26. The lowest BCUT2D eigenvalue weighted by molar-refractivity contribution is 1.43. The van der Waals surface area contributed by atoms with Gasteiger partial charge in [0.1, 0.15) is 0 Å². The summed E-state index contributed by atoms with van der Waals surface area (Å²) in [5.74, 6) is 0.0730. The van der Waals surface area contributed by atoms with Crippen molar-refractivity contribution in [2.75, 3.05) is 0 Å². The zero-order valence-electron chi connectivity index (χ0n) is 6.77. The zero-order valence-corrected chi connectivity index (χ0v) is 7.58. The molecule has 13 heavy (non-hydrogen) atoms. The van der Waals surface area contributed by atoms with Crippen LogP contribution in [0.25, 0.3) is 10.2 Å². The summed E-state index contributed by atoms with van der Waals surface area (Å²) in [5, 5.41) is 0. The monoisotopic (exact) mass is 192 g/mol. The van der Waals surface area contributed by atoms with Crippen LogP contribution in [0.5, 0.6) is 0 Å². The Hall–Kier alpha value is -1.62. The minimum Gasteiger partial charge on any atom is -0.370 e. The standard InChI is InChI=1S/C8H8N4S/c9-8(10)12-5-1-2-6-7(3-5)13-4-11-6/h1-4H,(H4,9,10,12). The van der Waals surface area contributed by atoms with E-state index in [1.165, 1.54) is 0 Å². The summed E-state index contributed by atoms with van der Waals surface area (Å²) in [6.45, 7) is 0. The third-order valence-corrected chi connectivity index (χ3v) is 2.36. The van der Waals surface area contributed by atoms with E-state index in [9.17, 15) is 0 Å². The maximum absolute atomic E-state index is 5.26. The highest BCUT2D eigenvalue weighted by Crippen LogP contribution is 2.23. The van der Waals surface area contributed by atoms with E-state index in [1.54, 1.807) is 16.8 Å². The number of thiazole rings is 1. The molecule has 1 aromatic carbocycles. The lowest BCUT2D eigenvalue weighted by Crippen LogP contribution is -2.21. The van der Waals surface area contributed by atoms with Gasteiger partial charge >= 0.3 is 0 Å². The van der Waals surface area contributed by atoms with Gasteiger partial charge in [-0.1, -0.05) is 0 Å². The molecule has 2 aromatic rings. The van der Waals surface area contributed by atoms with E-state index in [1.807, 2.05) is 18.2 Å². The van der Waals surface area contributed by atoms with E-state index in [2.05, 4.69) is 9.98 Å². The summed E-state index contributed by atoms with van der Waals surface area (Å²) in [7, 11) is 0. The average molecular weight is 192 g/mol. The quantitative estimate of drug-likeness (QED) is 0.526. The first-order valence-electron chi connectivity index (χ1n) is 3.68. The van der Waals surface area contributed by atoms with Gasteiger partial charge in [0, 0.05) is 0 Å². The molecule has 66 valence electrons. The normalized spacial score (nSPS) is 10.2. The van der Waals surface area contributed by atoms with Crippen molar-refractivity contribution in [2.45, 2.75) is 0 Å². The Bertz CT molecular complexity index is 456. The molecule has 0 radical (unpaired) electrons. The van der Waals surface area contributed by atoms with Crippen LogP contribution in [-0.2, 0) is 0 Å². The summed E-state index contributed by atoms with van der Waals surface area (Å²) < 4.78 is 1.09. The lowest BCUT2D eigenvalue weighted by Gasteiger charge is -1.93. The number of benzene rings is 1. The molecule has 0 spiro atoms. The highest BCUT2D eigenvalue weighted by atomic mass is 32.1. The van der Waals surface area contributed by atoms with Crippen molar-refractivity contribution in [3.8, 4) is 0 Å². The molecule has 0 amide bonds.